The van der Waals surface area contributed by atoms with Crippen molar-refractivity contribution in [2.24, 2.45) is 0 Å². The molecule has 7 heteroatoms. The second-order valence-corrected chi connectivity index (χ2v) is 4.42. The Balaban J connectivity index is 1.95. The fraction of sp³-hybridized carbons (Fsp3) is 0.200. The van der Waals surface area contributed by atoms with E-state index in [0.717, 1.165) is 5.56 Å². The molecule has 2 aromatic rings. The number of hydrogen-bond acceptors (Lipinski definition) is 6. The van der Waals surface area contributed by atoms with Gasteiger partial charge in [-0.3, -0.25) is 0 Å². The molecular weight excluding hydrogens is 239 g/mol. The monoisotopic (exact) mass is 250 g/mol. The Morgan fingerprint density at radius 3 is 2.47 bits per heavy atom. The van der Waals surface area contributed by atoms with Crippen LogP contribution in [-0.2, 0) is 5.75 Å². The molecule has 5 nitrogen and oxygen atoms in total. The second-order valence-electron chi connectivity index (χ2n) is 3.49. The third-order valence-corrected chi connectivity index (χ3v) is 3.04. The van der Waals surface area contributed by atoms with Gasteiger partial charge in [-0.1, -0.05) is 36.0 Å². The summed E-state index contributed by atoms with van der Waals surface area (Å²) in [5, 5.41) is 26.0. The topological polar surface area (TPSA) is 79.4 Å². The Morgan fingerprint density at radius 1 is 1.24 bits per heavy atom. The lowest BCUT2D eigenvalue weighted by Crippen LogP contribution is -2.29. The molecule has 0 unspecified atom stereocenters. The van der Waals surface area contributed by atoms with E-state index in [0.29, 0.717) is 22.3 Å². The van der Waals surface area contributed by atoms with E-state index in [-0.39, 0.29) is 0 Å². The molecule has 0 bridgehead atoms. The minimum atomic E-state index is -1.42. The SMILES string of the molecule is Cc1nnc(SCc2ccc(B(O)O)cc2)o1. The van der Waals surface area contributed by atoms with E-state index in [1.54, 1.807) is 19.1 Å². The summed E-state index contributed by atoms with van der Waals surface area (Å²) < 4.78 is 5.23. The molecule has 1 aromatic heterocycles. The molecule has 17 heavy (non-hydrogen) atoms. The van der Waals surface area contributed by atoms with Crippen molar-refractivity contribution in [3.05, 3.63) is 35.7 Å². The van der Waals surface area contributed by atoms with Crippen molar-refractivity contribution in [2.75, 3.05) is 0 Å². The first-order valence-corrected chi connectivity index (χ1v) is 6.01. The lowest BCUT2D eigenvalue weighted by Gasteiger charge is -2.01. The summed E-state index contributed by atoms with van der Waals surface area (Å²) in [4.78, 5) is 0. The van der Waals surface area contributed by atoms with E-state index in [9.17, 15) is 0 Å². The van der Waals surface area contributed by atoms with E-state index < -0.39 is 7.12 Å². The van der Waals surface area contributed by atoms with Crippen LogP contribution in [-0.4, -0.2) is 27.4 Å². The first-order chi connectivity index (χ1) is 8.15. The van der Waals surface area contributed by atoms with Crippen molar-refractivity contribution in [3.63, 3.8) is 0 Å². The van der Waals surface area contributed by atoms with Crippen molar-refractivity contribution < 1.29 is 14.5 Å². The molecule has 0 aliphatic rings. The first-order valence-electron chi connectivity index (χ1n) is 5.03. The van der Waals surface area contributed by atoms with Gasteiger partial charge >= 0.3 is 7.12 Å². The molecule has 88 valence electrons. The molecule has 0 atom stereocenters. The largest absolute Gasteiger partial charge is 0.488 e. The minimum absolute atomic E-state index is 0.479. The second kappa shape index (κ2) is 5.35. The summed E-state index contributed by atoms with van der Waals surface area (Å²) in [5.41, 5.74) is 1.53. The summed E-state index contributed by atoms with van der Waals surface area (Å²) in [6, 6.07) is 7.04. The normalized spacial score (nSPS) is 10.5. The van der Waals surface area contributed by atoms with E-state index in [2.05, 4.69) is 10.2 Å². The molecular formula is C10H11BN2O3S. The van der Waals surface area contributed by atoms with Crippen LogP contribution in [0.25, 0.3) is 0 Å². The Bertz CT molecular complexity index is 487. The standard InChI is InChI=1S/C10H11BN2O3S/c1-7-12-13-10(16-7)17-6-8-2-4-9(5-3-8)11(14)15/h2-5,14-15H,6H2,1H3. The maximum atomic E-state index is 8.94. The molecule has 1 aromatic carbocycles. The van der Waals surface area contributed by atoms with Gasteiger partial charge in [0.2, 0.25) is 5.89 Å². The van der Waals surface area contributed by atoms with Crippen molar-refractivity contribution in [1.82, 2.24) is 10.2 Å². The Labute approximate surface area is 103 Å². The van der Waals surface area contributed by atoms with Crippen LogP contribution in [0.15, 0.2) is 33.9 Å². The highest BCUT2D eigenvalue weighted by atomic mass is 32.2. The molecule has 0 radical (unpaired) electrons. The minimum Gasteiger partial charge on any atom is -0.423 e. The number of aromatic nitrogens is 2. The predicted molar refractivity (Wildman–Crippen MR) is 64.9 cm³/mol. The van der Waals surface area contributed by atoms with E-state index >= 15 is 0 Å². The number of nitrogens with zero attached hydrogens (tertiary/aromatic N) is 2. The van der Waals surface area contributed by atoms with Gasteiger partial charge in [-0.15, -0.1) is 10.2 Å². The van der Waals surface area contributed by atoms with Crippen LogP contribution in [0.2, 0.25) is 0 Å². The molecule has 0 aliphatic carbocycles. The van der Waals surface area contributed by atoms with Crippen LogP contribution >= 0.6 is 11.8 Å². The van der Waals surface area contributed by atoms with Gasteiger partial charge in [0.1, 0.15) is 0 Å². The van der Waals surface area contributed by atoms with Crippen molar-refractivity contribution in [3.8, 4) is 0 Å². The quantitative estimate of drug-likeness (QED) is 0.602. The third kappa shape index (κ3) is 3.32. The third-order valence-electron chi connectivity index (χ3n) is 2.15. The van der Waals surface area contributed by atoms with Crippen LogP contribution in [0.5, 0.6) is 0 Å². The summed E-state index contributed by atoms with van der Waals surface area (Å²) in [6.45, 7) is 1.74. The van der Waals surface area contributed by atoms with Gasteiger partial charge in [-0.25, -0.2) is 0 Å². The highest BCUT2D eigenvalue weighted by Crippen LogP contribution is 2.20. The zero-order valence-electron chi connectivity index (χ0n) is 9.20. The summed E-state index contributed by atoms with van der Waals surface area (Å²) >= 11 is 1.44. The van der Waals surface area contributed by atoms with Gasteiger partial charge in [0, 0.05) is 12.7 Å². The molecule has 0 saturated heterocycles. The maximum absolute atomic E-state index is 8.94. The van der Waals surface area contributed by atoms with Crippen LogP contribution in [0.3, 0.4) is 0 Å². The lowest BCUT2D eigenvalue weighted by molar-refractivity contribution is 0.425. The molecule has 1 heterocycles. The molecule has 0 spiro atoms. The summed E-state index contributed by atoms with van der Waals surface area (Å²) in [6.07, 6.45) is 0. The predicted octanol–water partition coefficient (Wildman–Crippen LogP) is 0.350. The molecule has 2 N–H and O–H groups in total. The van der Waals surface area contributed by atoms with Gasteiger partial charge in [0.25, 0.3) is 5.22 Å². The van der Waals surface area contributed by atoms with E-state index in [4.69, 9.17) is 14.5 Å². The van der Waals surface area contributed by atoms with Crippen LogP contribution < -0.4 is 5.46 Å². The van der Waals surface area contributed by atoms with Gasteiger partial charge in [0.05, 0.1) is 0 Å². The average molecular weight is 250 g/mol. The maximum Gasteiger partial charge on any atom is 0.488 e. The first kappa shape index (κ1) is 12.2. The Hall–Kier alpha value is -1.31. The number of hydrogen-bond donors (Lipinski definition) is 2. The van der Waals surface area contributed by atoms with Crippen molar-refractivity contribution >= 4 is 24.3 Å². The van der Waals surface area contributed by atoms with Crippen LogP contribution in [0, 0.1) is 6.92 Å². The zero-order chi connectivity index (χ0) is 12.3. The highest BCUT2D eigenvalue weighted by Gasteiger charge is 2.10. The summed E-state index contributed by atoms with van der Waals surface area (Å²) in [7, 11) is -1.42. The van der Waals surface area contributed by atoms with Crippen LogP contribution in [0.4, 0.5) is 0 Å². The zero-order valence-corrected chi connectivity index (χ0v) is 10.0. The molecule has 0 aliphatic heterocycles. The molecule has 2 rings (SSSR count). The summed E-state index contributed by atoms with van der Waals surface area (Å²) in [5.74, 6) is 1.25. The highest BCUT2D eigenvalue weighted by molar-refractivity contribution is 7.98. The number of thioether (sulfide) groups is 1. The van der Waals surface area contributed by atoms with E-state index in [1.165, 1.54) is 11.8 Å². The fourth-order valence-electron chi connectivity index (χ4n) is 1.27. The Morgan fingerprint density at radius 2 is 1.94 bits per heavy atom. The van der Waals surface area contributed by atoms with Gasteiger partial charge in [0.15, 0.2) is 0 Å². The molecule has 0 saturated carbocycles. The number of benzene rings is 1. The van der Waals surface area contributed by atoms with E-state index in [1.807, 2.05) is 12.1 Å². The smallest absolute Gasteiger partial charge is 0.423 e. The number of rotatable bonds is 4. The van der Waals surface area contributed by atoms with Crippen molar-refractivity contribution in [1.29, 1.82) is 0 Å². The van der Waals surface area contributed by atoms with Crippen LogP contribution in [0.1, 0.15) is 11.5 Å². The lowest BCUT2D eigenvalue weighted by atomic mass is 9.80. The molecule has 0 amide bonds. The van der Waals surface area contributed by atoms with Gasteiger partial charge in [-0.05, 0) is 11.0 Å². The van der Waals surface area contributed by atoms with Gasteiger partial charge < -0.3 is 14.5 Å². The van der Waals surface area contributed by atoms with Crippen molar-refractivity contribution in [2.45, 2.75) is 17.9 Å². The average Bonchev–Trinajstić information content (AvgIpc) is 2.73. The Kier molecular flexibility index (Phi) is 3.83. The van der Waals surface area contributed by atoms with Gasteiger partial charge in [-0.2, -0.15) is 0 Å². The fourth-order valence-corrected chi connectivity index (χ4v) is 2.03. The number of aryl methyl sites for hydroxylation is 1. The molecule has 0 fully saturated rings.